The van der Waals surface area contributed by atoms with Gasteiger partial charge in [-0.05, 0) is 48.9 Å². The smallest absolute Gasteiger partial charge is 0.212 e. The van der Waals surface area contributed by atoms with Gasteiger partial charge in [0.1, 0.15) is 5.69 Å². The molecule has 0 saturated heterocycles. The highest BCUT2D eigenvalue weighted by molar-refractivity contribution is 9.11. The van der Waals surface area contributed by atoms with E-state index in [1.54, 1.807) is 6.20 Å². The molecule has 0 atom stereocenters. The highest BCUT2D eigenvalue weighted by atomic mass is 79.9. The standard InChI is InChI=1S/C16H15Br2NO/c1-16(2,3)11-6-4-10(5-7-11)15(20)14-13(18)8-12(17)9-19-14/h4-9H,1-3H3. The van der Waals surface area contributed by atoms with Gasteiger partial charge in [0.25, 0.3) is 0 Å². The van der Waals surface area contributed by atoms with Crippen LogP contribution < -0.4 is 0 Å². The van der Waals surface area contributed by atoms with Gasteiger partial charge in [0.15, 0.2) is 0 Å². The van der Waals surface area contributed by atoms with Crippen molar-refractivity contribution < 1.29 is 4.79 Å². The summed E-state index contributed by atoms with van der Waals surface area (Å²) in [6.07, 6.45) is 1.63. The summed E-state index contributed by atoms with van der Waals surface area (Å²) in [5.41, 5.74) is 2.36. The van der Waals surface area contributed by atoms with E-state index in [0.29, 0.717) is 15.7 Å². The molecule has 0 fully saturated rings. The number of pyridine rings is 1. The molecule has 1 aromatic heterocycles. The summed E-state index contributed by atoms with van der Waals surface area (Å²) < 4.78 is 1.53. The van der Waals surface area contributed by atoms with Crippen LogP contribution in [0, 0.1) is 0 Å². The minimum absolute atomic E-state index is 0.0789. The third-order valence-electron chi connectivity index (χ3n) is 3.04. The van der Waals surface area contributed by atoms with Crippen molar-refractivity contribution in [3.8, 4) is 0 Å². The summed E-state index contributed by atoms with van der Waals surface area (Å²) in [6.45, 7) is 6.45. The van der Waals surface area contributed by atoms with Gasteiger partial charge in [-0.2, -0.15) is 0 Å². The summed E-state index contributed by atoms with van der Waals surface area (Å²) in [5.74, 6) is -0.0789. The van der Waals surface area contributed by atoms with Crippen LogP contribution in [0.3, 0.4) is 0 Å². The van der Waals surface area contributed by atoms with E-state index in [0.717, 1.165) is 4.47 Å². The molecule has 0 aliphatic heterocycles. The van der Waals surface area contributed by atoms with Crippen LogP contribution in [0.1, 0.15) is 42.4 Å². The molecule has 0 aliphatic carbocycles. The van der Waals surface area contributed by atoms with Crippen LogP contribution in [0.4, 0.5) is 0 Å². The zero-order valence-corrected chi connectivity index (χ0v) is 14.7. The Hall–Kier alpha value is -1.000. The molecule has 20 heavy (non-hydrogen) atoms. The highest BCUT2D eigenvalue weighted by Crippen LogP contribution is 2.25. The average Bonchev–Trinajstić information content (AvgIpc) is 2.37. The minimum Gasteiger partial charge on any atom is -0.287 e. The lowest BCUT2D eigenvalue weighted by atomic mass is 9.86. The highest BCUT2D eigenvalue weighted by Gasteiger charge is 2.17. The predicted octanol–water partition coefficient (Wildman–Crippen LogP) is 5.14. The maximum Gasteiger partial charge on any atom is 0.212 e. The van der Waals surface area contributed by atoms with Crippen molar-refractivity contribution >= 4 is 37.6 Å². The number of hydrogen-bond acceptors (Lipinski definition) is 2. The minimum atomic E-state index is -0.0789. The second-order valence-electron chi connectivity index (χ2n) is 5.64. The van der Waals surface area contributed by atoms with E-state index in [9.17, 15) is 4.79 Å². The topological polar surface area (TPSA) is 30.0 Å². The Morgan fingerprint density at radius 3 is 2.20 bits per heavy atom. The van der Waals surface area contributed by atoms with E-state index in [-0.39, 0.29) is 11.2 Å². The van der Waals surface area contributed by atoms with Crippen LogP contribution >= 0.6 is 31.9 Å². The van der Waals surface area contributed by atoms with Gasteiger partial charge in [-0.25, -0.2) is 0 Å². The van der Waals surface area contributed by atoms with Gasteiger partial charge < -0.3 is 0 Å². The second kappa shape index (κ2) is 5.78. The number of carbonyl (C=O) groups is 1. The van der Waals surface area contributed by atoms with Crippen molar-refractivity contribution in [1.29, 1.82) is 0 Å². The molecule has 0 spiro atoms. The number of hydrogen-bond donors (Lipinski definition) is 0. The number of nitrogens with zero attached hydrogens (tertiary/aromatic N) is 1. The molecule has 1 aromatic carbocycles. The van der Waals surface area contributed by atoms with Gasteiger partial charge in [0, 0.05) is 20.7 Å². The lowest BCUT2D eigenvalue weighted by Gasteiger charge is -2.19. The summed E-state index contributed by atoms with van der Waals surface area (Å²) in [5, 5.41) is 0. The maximum absolute atomic E-state index is 12.4. The Kier molecular flexibility index (Phi) is 4.45. The summed E-state index contributed by atoms with van der Waals surface area (Å²) >= 11 is 6.71. The van der Waals surface area contributed by atoms with Gasteiger partial charge in [-0.1, -0.05) is 45.0 Å². The normalized spacial score (nSPS) is 11.4. The van der Waals surface area contributed by atoms with Crippen molar-refractivity contribution in [3.63, 3.8) is 0 Å². The van der Waals surface area contributed by atoms with Crippen molar-refractivity contribution in [2.45, 2.75) is 26.2 Å². The zero-order valence-electron chi connectivity index (χ0n) is 11.6. The third-order valence-corrected chi connectivity index (χ3v) is 4.07. The molecule has 0 saturated carbocycles. The number of carbonyl (C=O) groups excluding carboxylic acids is 1. The first-order valence-electron chi connectivity index (χ1n) is 6.25. The summed E-state index contributed by atoms with van der Waals surface area (Å²) in [7, 11) is 0. The van der Waals surface area contributed by atoms with Crippen molar-refractivity contribution in [2.75, 3.05) is 0 Å². The van der Waals surface area contributed by atoms with Gasteiger partial charge in [0.2, 0.25) is 5.78 Å². The Labute approximate surface area is 135 Å². The number of rotatable bonds is 2. The van der Waals surface area contributed by atoms with Crippen molar-refractivity contribution in [1.82, 2.24) is 4.98 Å². The molecular weight excluding hydrogens is 382 g/mol. The Morgan fingerprint density at radius 1 is 1.10 bits per heavy atom. The monoisotopic (exact) mass is 395 g/mol. The van der Waals surface area contributed by atoms with Crippen LogP contribution in [0.25, 0.3) is 0 Å². The summed E-state index contributed by atoms with van der Waals surface area (Å²) in [6, 6.07) is 9.54. The quantitative estimate of drug-likeness (QED) is 0.658. The first-order chi connectivity index (χ1) is 9.29. The Balaban J connectivity index is 2.34. The molecule has 2 nitrogen and oxygen atoms in total. The molecule has 2 rings (SSSR count). The number of halogens is 2. The van der Waals surface area contributed by atoms with Crippen LogP contribution in [0.5, 0.6) is 0 Å². The third kappa shape index (κ3) is 3.36. The number of benzene rings is 1. The second-order valence-corrected chi connectivity index (χ2v) is 7.41. The van der Waals surface area contributed by atoms with Gasteiger partial charge in [0.05, 0.1) is 0 Å². The number of aromatic nitrogens is 1. The Bertz CT molecular complexity index is 643. The lowest BCUT2D eigenvalue weighted by molar-refractivity contribution is 0.103. The molecular formula is C16H15Br2NO. The van der Waals surface area contributed by atoms with Crippen molar-refractivity contribution in [3.05, 3.63) is 62.3 Å². The molecule has 2 aromatic rings. The molecule has 4 heteroatoms. The molecule has 0 bridgehead atoms. The summed E-state index contributed by atoms with van der Waals surface area (Å²) in [4.78, 5) is 16.6. The number of ketones is 1. The fraction of sp³-hybridized carbons (Fsp3) is 0.250. The fourth-order valence-electron chi connectivity index (χ4n) is 1.84. The van der Waals surface area contributed by atoms with E-state index in [2.05, 4.69) is 57.6 Å². The molecule has 0 aliphatic rings. The molecule has 0 radical (unpaired) electrons. The zero-order chi connectivity index (χ0) is 14.9. The lowest BCUT2D eigenvalue weighted by Crippen LogP contribution is -2.12. The molecule has 0 N–H and O–H groups in total. The maximum atomic E-state index is 12.4. The first kappa shape index (κ1) is 15.4. The van der Waals surface area contributed by atoms with Crippen LogP contribution in [-0.4, -0.2) is 10.8 Å². The Morgan fingerprint density at radius 2 is 1.70 bits per heavy atom. The van der Waals surface area contributed by atoms with E-state index in [4.69, 9.17) is 0 Å². The predicted molar refractivity (Wildman–Crippen MR) is 88.2 cm³/mol. The van der Waals surface area contributed by atoms with E-state index < -0.39 is 0 Å². The fourth-order valence-corrected chi connectivity index (χ4v) is 3.01. The van der Waals surface area contributed by atoms with E-state index in [1.165, 1.54) is 5.56 Å². The van der Waals surface area contributed by atoms with Gasteiger partial charge in [-0.3, -0.25) is 9.78 Å². The molecule has 0 unspecified atom stereocenters. The van der Waals surface area contributed by atoms with Gasteiger partial charge >= 0.3 is 0 Å². The van der Waals surface area contributed by atoms with E-state index >= 15 is 0 Å². The van der Waals surface area contributed by atoms with Crippen LogP contribution in [0.2, 0.25) is 0 Å². The molecule has 0 amide bonds. The van der Waals surface area contributed by atoms with E-state index in [1.807, 2.05) is 30.3 Å². The first-order valence-corrected chi connectivity index (χ1v) is 7.84. The van der Waals surface area contributed by atoms with Crippen LogP contribution in [0.15, 0.2) is 45.5 Å². The molecule has 104 valence electrons. The largest absolute Gasteiger partial charge is 0.287 e. The SMILES string of the molecule is CC(C)(C)c1ccc(C(=O)c2ncc(Br)cc2Br)cc1. The van der Waals surface area contributed by atoms with Crippen molar-refractivity contribution in [2.24, 2.45) is 0 Å². The average molecular weight is 397 g/mol. The van der Waals surface area contributed by atoms with Crippen LogP contribution in [-0.2, 0) is 5.41 Å². The van der Waals surface area contributed by atoms with Gasteiger partial charge in [-0.15, -0.1) is 0 Å². The molecule has 1 heterocycles.